The van der Waals surface area contributed by atoms with Crippen LogP contribution in [0, 0.1) is 0 Å². The molecule has 0 aliphatic carbocycles. The van der Waals surface area contributed by atoms with E-state index in [1.54, 1.807) is 30.3 Å². The van der Waals surface area contributed by atoms with E-state index in [4.69, 9.17) is 0 Å². The summed E-state index contributed by atoms with van der Waals surface area (Å²) in [6.45, 7) is 2.42. The van der Waals surface area contributed by atoms with Gasteiger partial charge in [0.2, 0.25) is 5.91 Å². The van der Waals surface area contributed by atoms with Gasteiger partial charge < -0.3 is 21.1 Å². The molecule has 8 nitrogen and oxygen atoms in total. The Labute approximate surface area is 190 Å². The highest BCUT2D eigenvalue weighted by molar-refractivity contribution is 6.01. The number of hydrogen-bond donors (Lipinski definition) is 4. The molecule has 0 aromatic heterocycles. The highest BCUT2D eigenvalue weighted by Gasteiger charge is 2.26. The van der Waals surface area contributed by atoms with Crippen LogP contribution in [0.2, 0.25) is 0 Å². The predicted octanol–water partition coefficient (Wildman–Crippen LogP) is 2.86. The van der Waals surface area contributed by atoms with E-state index in [2.05, 4.69) is 16.0 Å². The Morgan fingerprint density at radius 3 is 2.27 bits per heavy atom. The van der Waals surface area contributed by atoms with Gasteiger partial charge in [-0.25, -0.2) is 4.79 Å². The zero-order valence-electron chi connectivity index (χ0n) is 18.1. The fraction of sp³-hybridized carbons (Fsp3) is 0.200. The Kier molecular flexibility index (Phi) is 7.75. The molecule has 0 bridgehead atoms. The molecular formula is C25H25N3O5. The SMILES string of the molecule is CCCNc1c(N[C@@H](Cc2ccc(NC(=O)/C=C/c3ccccc3)cc2)C(=O)O)c(=O)c1=O. The fourth-order valence-electron chi connectivity index (χ4n) is 3.20. The van der Waals surface area contributed by atoms with E-state index in [1.165, 1.54) is 6.08 Å². The van der Waals surface area contributed by atoms with E-state index in [9.17, 15) is 24.3 Å². The largest absolute Gasteiger partial charge is 0.480 e. The van der Waals surface area contributed by atoms with Crippen molar-refractivity contribution in [1.29, 1.82) is 0 Å². The summed E-state index contributed by atoms with van der Waals surface area (Å²) in [6.07, 6.45) is 3.98. The van der Waals surface area contributed by atoms with Gasteiger partial charge in [0.05, 0.1) is 0 Å². The first-order valence-electron chi connectivity index (χ1n) is 10.6. The summed E-state index contributed by atoms with van der Waals surface area (Å²) in [5.74, 6) is -1.43. The highest BCUT2D eigenvalue weighted by Crippen LogP contribution is 2.18. The number of nitrogens with one attached hydrogen (secondary N) is 3. The van der Waals surface area contributed by atoms with Crippen LogP contribution in [0.25, 0.3) is 6.08 Å². The second kappa shape index (κ2) is 10.9. The van der Waals surface area contributed by atoms with Crippen molar-refractivity contribution in [2.24, 2.45) is 0 Å². The van der Waals surface area contributed by atoms with Crippen molar-refractivity contribution < 1.29 is 14.7 Å². The fourth-order valence-corrected chi connectivity index (χ4v) is 3.20. The van der Waals surface area contributed by atoms with Crippen molar-refractivity contribution in [1.82, 2.24) is 0 Å². The van der Waals surface area contributed by atoms with Crippen LogP contribution in [-0.4, -0.2) is 29.6 Å². The molecule has 1 amide bonds. The molecule has 0 aliphatic rings. The number of benzene rings is 2. The third-order valence-electron chi connectivity index (χ3n) is 4.97. The number of carboxylic acid groups (broad SMARTS) is 1. The smallest absolute Gasteiger partial charge is 0.326 e. The number of anilines is 3. The maximum absolute atomic E-state index is 12.1. The number of aliphatic carboxylic acids is 1. The number of carboxylic acids is 1. The van der Waals surface area contributed by atoms with Crippen LogP contribution in [0.3, 0.4) is 0 Å². The molecule has 0 radical (unpaired) electrons. The number of carbonyl (C=O) groups is 2. The van der Waals surface area contributed by atoms with E-state index < -0.39 is 22.9 Å². The maximum Gasteiger partial charge on any atom is 0.326 e. The molecule has 0 saturated carbocycles. The molecule has 3 rings (SSSR count). The standard InChI is InChI=1S/C25H25N3O5/c1-2-14-26-21-22(24(31)23(21)30)28-19(25(32)33)15-17-8-11-18(12-9-17)27-20(29)13-10-16-6-4-3-5-7-16/h3-13,19,26,28H,2,14-15H2,1H3,(H,27,29)(H,32,33)/b13-10+/t19-/m0/s1. The summed E-state index contributed by atoms with van der Waals surface area (Å²) in [4.78, 5) is 47.5. The van der Waals surface area contributed by atoms with Crippen LogP contribution in [0.5, 0.6) is 0 Å². The Morgan fingerprint density at radius 1 is 0.970 bits per heavy atom. The maximum atomic E-state index is 12.1. The van der Waals surface area contributed by atoms with Gasteiger partial charge in [-0.2, -0.15) is 0 Å². The normalized spacial score (nSPS) is 11.9. The van der Waals surface area contributed by atoms with Gasteiger partial charge in [0, 0.05) is 24.7 Å². The first kappa shape index (κ1) is 23.5. The van der Waals surface area contributed by atoms with E-state index >= 15 is 0 Å². The van der Waals surface area contributed by atoms with Gasteiger partial charge >= 0.3 is 5.97 Å². The van der Waals surface area contributed by atoms with E-state index in [-0.39, 0.29) is 23.7 Å². The van der Waals surface area contributed by atoms with Crippen LogP contribution in [-0.2, 0) is 16.0 Å². The third-order valence-corrected chi connectivity index (χ3v) is 4.97. The highest BCUT2D eigenvalue weighted by atomic mass is 16.4. The average Bonchev–Trinajstić information content (AvgIpc) is 2.82. The molecule has 0 fully saturated rings. The molecule has 0 unspecified atom stereocenters. The van der Waals surface area contributed by atoms with Gasteiger partial charge in [0.15, 0.2) is 0 Å². The Bertz CT molecular complexity index is 1210. The quantitative estimate of drug-likeness (QED) is 0.263. The molecule has 0 spiro atoms. The molecule has 0 heterocycles. The molecule has 0 saturated heterocycles. The lowest BCUT2D eigenvalue weighted by molar-refractivity contribution is -0.137. The molecule has 1 atom stereocenters. The number of hydrogen-bond acceptors (Lipinski definition) is 6. The Balaban J connectivity index is 1.61. The monoisotopic (exact) mass is 447 g/mol. The number of amides is 1. The van der Waals surface area contributed by atoms with Crippen LogP contribution >= 0.6 is 0 Å². The van der Waals surface area contributed by atoms with Crippen molar-refractivity contribution >= 4 is 35.0 Å². The minimum absolute atomic E-state index is 0.00920. The van der Waals surface area contributed by atoms with Crippen molar-refractivity contribution in [3.05, 3.63) is 92.2 Å². The minimum Gasteiger partial charge on any atom is -0.480 e. The van der Waals surface area contributed by atoms with Crippen LogP contribution in [0.1, 0.15) is 24.5 Å². The van der Waals surface area contributed by atoms with E-state index in [1.807, 2.05) is 37.3 Å². The van der Waals surface area contributed by atoms with E-state index in [0.29, 0.717) is 17.8 Å². The number of carbonyl (C=O) groups excluding carboxylic acids is 1. The van der Waals surface area contributed by atoms with Gasteiger partial charge in [0.25, 0.3) is 10.9 Å². The third kappa shape index (κ3) is 6.16. The van der Waals surface area contributed by atoms with Crippen molar-refractivity contribution in [2.75, 3.05) is 22.5 Å². The van der Waals surface area contributed by atoms with Crippen LogP contribution in [0.15, 0.2) is 70.3 Å². The molecule has 3 aromatic rings. The van der Waals surface area contributed by atoms with Gasteiger partial charge in [-0.3, -0.25) is 14.4 Å². The van der Waals surface area contributed by atoms with Gasteiger partial charge in [-0.1, -0.05) is 49.4 Å². The molecular weight excluding hydrogens is 422 g/mol. The summed E-state index contributed by atoms with van der Waals surface area (Å²) < 4.78 is 0. The van der Waals surface area contributed by atoms with Crippen LogP contribution < -0.4 is 26.8 Å². The van der Waals surface area contributed by atoms with Gasteiger partial charge in [0.1, 0.15) is 17.4 Å². The average molecular weight is 447 g/mol. The summed E-state index contributed by atoms with van der Waals surface area (Å²) in [5, 5.41) is 17.9. The first-order valence-corrected chi connectivity index (χ1v) is 10.6. The molecule has 8 heteroatoms. The van der Waals surface area contributed by atoms with Gasteiger partial charge in [-0.15, -0.1) is 0 Å². The number of rotatable bonds is 11. The Hall–Kier alpha value is -4.20. The Morgan fingerprint density at radius 2 is 1.64 bits per heavy atom. The first-order chi connectivity index (χ1) is 15.9. The predicted molar refractivity (Wildman–Crippen MR) is 129 cm³/mol. The molecule has 3 aromatic carbocycles. The minimum atomic E-state index is -1.15. The topological polar surface area (TPSA) is 125 Å². The lowest BCUT2D eigenvalue weighted by Gasteiger charge is -2.20. The second-order valence-corrected chi connectivity index (χ2v) is 7.50. The summed E-state index contributed by atoms with van der Waals surface area (Å²) in [6, 6.07) is 15.1. The zero-order valence-corrected chi connectivity index (χ0v) is 18.1. The van der Waals surface area contributed by atoms with E-state index in [0.717, 1.165) is 12.0 Å². The molecule has 0 aliphatic heterocycles. The van der Waals surface area contributed by atoms with Gasteiger partial charge in [-0.05, 0) is 35.8 Å². The lowest BCUT2D eigenvalue weighted by Crippen LogP contribution is -2.42. The molecule has 33 heavy (non-hydrogen) atoms. The summed E-state index contributed by atoms with van der Waals surface area (Å²) in [7, 11) is 0. The molecule has 170 valence electrons. The molecule has 4 N–H and O–H groups in total. The second-order valence-electron chi connectivity index (χ2n) is 7.50. The lowest BCUT2D eigenvalue weighted by atomic mass is 10.0. The van der Waals surface area contributed by atoms with Crippen LogP contribution in [0.4, 0.5) is 17.1 Å². The summed E-state index contributed by atoms with van der Waals surface area (Å²) in [5.41, 5.74) is 0.942. The zero-order chi connectivity index (χ0) is 23.8. The van der Waals surface area contributed by atoms with Crippen molar-refractivity contribution in [3.63, 3.8) is 0 Å². The summed E-state index contributed by atoms with van der Waals surface area (Å²) >= 11 is 0. The van der Waals surface area contributed by atoms with Crippen molar-refractivity contribution in [3.8, 4) is 0 Å². The van der Waals surface area contributed by atoms with Crippen molar-refractivity contribution in [2.45, 2.75) is 25.8 Å².